The number of aryl methyl sites for hydroxylation is 1. The van der Waals surface area contributed by atoms with Gasteiger partial charge in [0.25, 0.3) is 0 Å². The Balaban J connectivity index is 0.00000240. The van der Waals surface area contributed by atoms with E-state index in [2.05, 4.69) is 18.2 Å². The lowest BCUT2D eigenvalue weighted by atomic mass is 9.76. The molecule has 0 bridgehead atoms. The van der Waals surface area contributed by atoms with Crippen molar-refractivity contribution in [1.82, 2.24) is 4.98 Å². The molecule has 2 nitrogen and oxygen atoms in total. The molecule has 2 aromatic rings. The number of Topliss-reactive ketones (excluding diaryl/α,β-unsaturated/α-hetero) is 1. The Hall–Kier alpha value is -2.29. The smallest absolute Gasteiger partial charge is 0.133 e. The Morgan fingerprint density at radius 3 is 2.79 bits per heavy atom. The molecule has 0 aliphatic heterocycles. The molecule has 2 aliphatic rings. The summed E-state index contributed by atoms with van der Waals surface area (Å²) in [5, 5.41) is 0. The van der Waals surface area contributed by atoms with E-state index in [0.717, 1.165) is 24.8 Å². The zero-order valence-electron chi connectivity index (χ0n) is 16.4. The number of halogens is 1. The van der Waals surface area contributed by atoms with Gasteiger partial charge in [-0.25, -0.2) is 4.39 Å². The van der Waals surface area contributed by atoms with Gasteiger partial charge in [0.2, 0.25) is 0 Å². The van der Waals surface area contributed by atoms with E-state index >= 15 is 0 Å². The number of carbonyl (C=O) groups excluding carboxylic acids is 1. The van der Waals surface area contributed by atoms with Crippen LogP contribution in [0.2, 0.25) is 0 Å². The first-order chi connectivity index (χ1) is 13.7. The lowest BCUT2D eigenvalue weighted by Crippen LogP contribution is -2.17. The topological polar surface area (TPSA) is 30.0 Å². The van der Waals surface area contributed by atoms with Gasteiger partial charge in [-0.1, -0.05) is 44.6 Å². The van der Waals surface area contributed by atoms with Crippen molar-refractivity contribution in [2.45, 2.75) is 71.1 Å². The minimum atomic E-state index is -0.226. The highest BCUT2D eigenvalue weighted by Crippen LogP contribution is 2.40. The second kappa shape index (κ2) is 9.96. The highest BCUT2D eigenvalue weighted by atomic mass is 19.1. The van der Waals surface area contributed by atoms with Gasteiger partial charge in [-0.2, -0.15) is 0 Å². The largest absolute Gasteiger partial charge is 0.300 e. The maximum absolute atomic E-state index is 13.0. The van der Waals surface area contributed by atoms with Gasteiger partial charge in [-0.15, -0.1) is 0 Å². The highest BCUT2D eigenvalue weighted by Gasteiger charge is 2.27. The van der Waals surface area contributed by atoms with E-state index < -0.39 is 0 Å². The summed E-state index contributed by atoms with van der Waals surface area (Å²) in [7, 11) is 0. The first-order valence-electron chi connectivity index (χ1n) is 10.6. The van der Waals surface area contributed by atoms with Gasteiger partial charge in [0.15, 0.2) is 0 Å². The van der Waals surface area contributed by atoms with E-state index in [0.29, 0.717) is 36.9 Å². The van der Waals surface area contributed by atoms with Crippen LogP contribution in [0, 0.1) is 11.7 Å². The van der Waals surface area contributed by atoms with E-state index in [1.165, 1.54) is 48.2 Å². The Bertz CT molecular complexity index is 870. The van der Waals surface area contributed by atoms with Gasteiger partial charge in [0.1, 0.15) is 11.6 Å². The van der Waals surface area contributed by atoms with Crippen LogP contribution in [0.3, 0.4) is 0 Å². The molecule has 0 spiro atoms. The number of benzene rings is 1. The van der Waals surface area contributed by atoms with Crippen LogP contribution in [0.1, 0.15) is 85.0 Å². The summed E-state index contributed by atoms with van der Waals surface area (Å²) in [4.78, 5) is 17.1. The van der Waals surface area contributed by atoms with Crippen molar-refractivity contribution < 1.29 is 13.5 Å². The summed E-state index contributed by atoms with van der Waals surface area (Å²) >= 11 is 0. The van der Waals surface area contributed by atoms with Crippen LogP contribution in [0.5, 0.6) is 0 Å². The summed E-state index contributed by atoms with van der Waals surface area (Å²) < 4.78 is 13.0. The number of allylic oxidation sites excluding steroid dienone is 1. The quantitative estimate of drug-likeness (QED) is 0.485. The molecule has 0 saturated heterocycles. The van der Waals surface area contributed by atoms with Crippen molar-refractivity contribution in [2.75, 3.05) is 0 Å². The maximum atomic E-state index is 13.0. The molecule has 29 heavy (non-hydrogen) atoms. The van der Waals surface area contributed by atoms with Gasteiger partial charge in [0.05, 0.1) is 5.69 Å². The van der Waals surface area contributed by atoms with Gasteiger partial charge in [-0.05, 0) is 72.9 Å². The second-order valence-corrected chi connectivity index (χ2v) is 8.31. The summed E-state index contributed by atoms with van der Waals surface area (Å²) in [6, 6.07) is 8.61. The fourth-order valence-electron chi connectivity index (χ4n) is 4.76. The van der Waals surface area contributed by atoms with Crippen LogP contribution in [-0.4, -0.2) is 10.8 Å². The van der Waals surface area contributed by atoms with Crippen molar-refractivity contribution >= 4 is 11.9 Å². The Morgan fingerprint density at radius 1 is 1.14 bits per heavy atom. The van der Waals surface area contributed by atoms with E-state index in [4.69, 9.17) is 4.98 Å². The number of ketones is 1. The molecule has 1 aromatic heterocycles. The Labute approximate surface area is 178 Å². The lowest BCUT2D eigenvalue weighted by Gasteiger charge is -2.29. The van der Waals surface area contributed by atoms with Crippen LogP contribution in [0.15, 0.2) is 42.6 Å². The zero-order chi connectivity index (χ0) is 19.3. The fourth-order valence-corrected chi connectivity index (χ4v) is 4.76. The number of nitrogens with zero attached hydrogens (tertiary/aromatic N) is 1. The number of pyridine rings is 1. The minimum Gasteiger partial charge on any atom is -0.300 e. The van der Waals surface area contributed by atoms with E-state index in [1.807, 2.05) is 6.20 Å². The van der Waals surface area contributed by atoms with Crippen molar-refractivity contribution in [3.05, 3.63) is 70.8 Å². The molecule has 0 amide bonds. The monoisotopic (exact) mass is 399 g/mol. The molecule has 3 heteroatoms. The van der Waals surface area contributed by atoms with Crippen LogP contribution in [-0.2, 0) is 17.6 Å². The van der Waals surface area contributed by atoms with Gasteiger partial charge in [-0.3, -0.25) is 9.78 Å². The fraction of sp³-hybridized carbons (Fsp3) is 0.462. The highest BCUT2D eigenvalue weighted by molar-refractivity contribution is 5.78. The van der Waals surface area contributed by atoms with Crippen LogP contribution >= 0.6 is 0 Å². The van der Waals surface area contributed by atoms with Gasteiger partial charge >= 0.3 is 0 Å². The van der Waals surface area contributed by atoms with E-state index in [1.54, 1.807) is 12.1 Å². The average Bonchev–Trinajstić information content (AvgIpc) is 3.21. The molecule has 1 fully saturated rings. The zero-order valence-corrected chi connectivity index (χ0v) is 16.4. The molecule has 1 heterocycles. The number of carbonyl (C=O) groups is 1. The number of hydrogen-bond donors (Lipinski definition) is 0. The standard InChI is InChI=1S/C25H28FNO.CH4.3H2/c26-22-11-7-18(8-12-22)9-13-23(28)14-10-19-3-1-5-21(17-19)25-24-6-2-4-20(24)15-16-27-25;;;;/h2,6-8,11-12,15-16,19,21H,1,3-5,9-10,13-14,17H2;1H4;3*1H. The molecule has 0 N–H and O–H groups in total. The molecule has 0 radical (unpaired) electrons. The Kier molecular flexibility index (Phi) is 7.35. The number of hydrogen-bond acceptors (Lipinski definition) is 2. The molecular weight excluding hydrogens is 361 g/mol. The Morgan fingerprint density at radius 2 is 1.97 bits per heavy atom. The van der Waals surface area contributed by atoms with Crippen molar-refractivity contribution in [2.24, 2.45) is 5.92 Å². The maximum Gasteiger partial charge on any atom is 0.133 e. The molecule has 1 saturated carbocycles. The third-order valence-corrected chi connectivity index (χ3v) is 6.34. The summed E-state index contributed by atoms with van der Waals surface area (Å²) in [5.41, 5.74) is 5.06. The molecule has 2 aliphatic carbocycles. The predicted molar refractivity (Wildman–Crippen MR) is 124 cm³/mol. The summed E-state index contributed by atoms with van der Waals surface area (Å²) in [5.74, 6) is 1.26. The minimum absolute atomic E-state index is 0. The molecule has 160 valence electrons. The number of aromatic nitrogens is 1. The van der Waals surface area contributed by atoms with Gasteiger partial charge < -0.3 is 0 Å². The molecule has 4 rings (SSSR count). The van der Waals surface area contributed by atoms with Crippen LogP contribution < -0.4 is 0 Å². The number of fused-ring (bicyclic) bond motifs is 1. The molecule has 1 aromatic carbocycles. The second-order valence-electron chi connectivity index (χ2n) is 8.31. The third kappa shape index (κ3) is 5.41. The van der Waals surface area contributed by atoms with Gasteiger partial charge in [0, 0.05) is 29.2 Å². The van der Waals surface area contributed by atoms with Crippen LogP contribution in [0.4, 0.5) is 4.39 Å². The summed E-state index contributed by atoms with van der Waals surface area (Å²) in [6.07, 6.45) is 15.2. The molecular formula is C26H38FNO. The van der Waals surface area contributed by atoms with Crippen molar-refractivity contribution in [1.29, 1.82) is 0 Å². The van der Waals surface area contributed by atoms with Crippen molar-refractivity contribution in [3.63, 3.8) is 0 Å². The molecule has 2 unspecified atom stereocenters. The van der Waals surface area contributed by atoms with E-state index in [-0.39, 0.29) is 17.5 Å². The molecule has 2 atom stereocenters. The predicted octanol–water partition coefficient (Wildman–Crippen LogP) is 7.42. The third-order valence-electron chi connectivity index (χ3n) is 6.34. The first-order valence-corrected chi connectivity index (χ1v) is 10.6. The summed E-state index contributed by atoms with van der Waals surface area (Å²) in [6.45, 7) is 0. The van der Waals surface area contributed by atoms with E-state index in [9.17, 15) is 9.18 Å². The first kappa shape index (κ1) is 21.4. The SMILES string of the molecule is C.O=C(CCc1ccc(F)cc1)CCC1CCCC(c2nccc3c2C=CC3)C1.[HH].[HH].[HH]. The lowest BCUT2D eigenvalue weighted by molar-refractivity contribution is -0.119. The van der Waals surface area contributed by atoms with Crippen LogP contribution in [0.25, 0.3) is 6.08 Å². The normalized spacial score (nSPS) is 20.2. The van der Waals surface area contributed by atoms with Crippen molar-refractivity contribution in [3.8, 4) is 0 Å². The average molecular weight is 400 g/mol. The number of rotatable bonds is 7.